The van der Waals surface area contributed by atoms with Crippen molar-refractivity contribution in [2.45, 2.75) is 58.5 Å². The van der Waals surface area contributed by atoms with Crippen LogP contribution in [0, 0.1) is 11.7 Å². The van der Waals surface area contributed by atoms with Crippen molar-refractivity contribution in [2.75, 3.05) is 19.6 Å². The van der Waals surface area contributed by atoms with Gasteiger partial charge in [0.15, 0.2) is 5.82 Å². The lowest BCUT2D eigenvalue weighted by atomic mass is 9.95. The SMILES string of the molecule is CC(C)CC(=O)N1CCC(c2nnc3n2CCN(C(=O)Cc2ccccc2F)C3)CC1. The lowest BCUT2D eigenvalue weighted by Crippen LogP contribution is -2.41. The highest BCUT2D eigenvalue weighted by molar-refractivity contribution is 5.79. The molecule has 4 rings (SSSR count). The topological polar surface area (TPSA) is 71.3 Å². The number of rotatable bonds is 5. The molecule has 2 amide bonds. The molecule has 7 nitrogen and oxygen atoms in total. The van der Waals surface area contributed by atoms with Gasteiger partial charge in [0.25, 0.3) is 0 Å². The number of likely N-dealkylation sites (tertiary alicyclic amines) is 1. The van der Waals surface area contributed by atoms with Gasteiger partial charge in [-0.15, -0.1) is 10.2 Å². The van der Waals surface area contributed by atoms with Crippen molar-refractivity contribution >= 4 is 11.8 Å². The van der Waals surface area contributed by atoms with Gasteiger partial charge in [0, 0.05) is 38.5 Å². The van der Waals surface area contributed by atoms with Crippen LogP contribution in [0.1, 0.15) is 56.2 Å². The minimum Gasteiger partial charge on any atom is -0.343 e. The molecule has 0 radical (unpaired) electrons. The minimum atomic E-state index is -0.350. The number of halogens is 1. The van der Waals surface area contributed by atoms with Gasteiger partial charge in [0.1, 0.15) is 11.6 Å². The second kappa shape index (κ2) is 9.16. The Hall–Kier alpha value is -2.77. The summed E-state index contributed by atoms with van der Waals surface area (Å²) < 4.78 is 16.0. The summed E-state index contributed by atoms with van der Waals surface area (Å²) in [6.07, 6.45) is 2.42. The summed E-state index contributed by atoms with van der Waals surface area (Å²) in [7, 11) is 0. The van der Waals surface area contributed by atoms with Crippen molar-refractivity contribution in [3.8, 4) is 0 Å². The summed E-state index contributed by atoms with van der Waals surface area (Å²) in [6, 6.07) is 6.39. The molecule has 2 aliphatic heterocycles. The zero-order chi connectivity index (χ0) is 22.0. The third-order valence-electron chi connectivity index (χ3n) is 6.23. The predicted octanol–water partition coefficient (Wildman–Crippen LogP) is 2.75. The highest BCUT2D eigenvalue weighted by Crippen LogP contribution is 2.29. The van der Waals surface area contributed by atoms with Crippen LogP contribution in [0.15, 0.2) is 24.3 Å². The maximum atomic E-state index is 13.9. The predicted molar refractivity (Wildman–Crippen MR) is 114 cm³/mol. The number of carbonyl (C=O) groups is 2. The van der Waals surface area contributed by atoms with Gasteiger partial charge < -0.3 is 14.4 Å². The van der Waals surface area contributed by atoms with E-state index in [1.165, 1.54) is 6.07 Å². The van der Waals surface area contributed by atoms with Gasteiger partial charge in [-0.2, -0.15) is 0 Å². The van der Waals surface area contributed by atoms with Gasteiger partial charge in [-0.1, -0.05) is 32.0 Å². The van der Waals surface area contributed by atoms with Crippen LogP contribution in [-0.4, -0.2) is 56.0 Å². The normalized spacial score (nSPS) is 17.2. The molecule has 31 heavy (non-hydrogen) atoms. The fourth-order valence-corrected chi connectivity index (χ4v) is 4.48. The number of amides is 2. The fraction of sp³-hybridized carbons (Fsp3) is 0.565. The Labute approximate surface area is 182 Å². The van der Waals surface area contributed by atoms with Crippen LogP contribution >= 0.6 is 0 Å². The summed E-state index contributed by atoms with van der Waals surface area (Å²) >= 11 is 0. The molecular weight excluding hydrogens is 397 g/mol. The number of aromatic nitrogens is 3. The number of benzene rings is 1. The van der Waals surface area contributed by atoms with E-state index in [1.54, 1.807) is 23.1 Å². The molecule has 1 saturated heterocycles. The van der Waals surface area contributed by atoms with Crippen molar-refractivity contribution in [3.63, 3.8) is 0 Å². The number of hydrogen-bond donors (Lipinski definition) is 0. The van der Waals surface area contributed by atoms with Crippen LogP contribution in [-0.2, 0) is 29.1 Å². The monoisotopic (exact) mass is 427 g/mol. The average Bonchev–Trinajstić information content (AvgIpc) is 3.18. The molecule has 0 N–H and O–H groups in total. The zero-order valence-corrected chi connectivity index (χ0v) is 18.3. The van der Waals surface area contributed by atoms with Crippen LogP contribution in [0.4, 0.5) is 4.39 Å². The van der Waals surface area contributed by atoms with E-state index in [4.69, 9.17) is 0 Å². The van der Waals surface area contributed by atoms with Crippen molar-refractivity contribution in [1.29, 1.82) is 0 Å². The Bertz CT molecular complexity index is 949. The van der Waals surface area contributed by atoms with Crippen molar-refractivity contribution in [2.24, 2.45) is 5.92 Å². The molecule has 0 unspecified atom stereocenters. The first-order chi connectivity index (χ1) is 14.9. The van der Waals surface area contributed by atoms with Crippen molar-refractivity contribution < 1.29 is 14.0 Å². The number of piperidine rings is 1. The first kappa shape index (κ1) is 21.5. The molecule has 0 atom stereocenters. The Kier molecular flexibility index (Phi) is 6.34. The van der Waals surface area contributed by atoms with E-state index >= 15 is 0 Å². The van der Waals surface area contributed by atoms with Gasteiger partial charge in [0.2, 0.25) is 11.8 Å². The third-order valence-corrected chi connectivity index (χ3v) is 6.23. The number of nitrogens with zero attached hydrogens (tertiary/aromatic N) is 5. The van der Waals surface area contributed by atoms with Gasteiger partial charge in [0.05, 0.1) is 13.0 Å². The van der Waals surface area contributed by atoms with E-state index in [0.717, 1.165) is 37.6 Å². The summed E-state index contributed by atoms with van der Waals surface area (Å²) in [5.41, 5.74) is 0.416. The first-order valence-electron chi connectivity index (χ1n) is 11.1. The standard InChI is InChI=1S/C23H30FN5O2/c1-16(2)13-21(30)27-9-7-17(8-10-27)23-26-25-20-15-28(11-12-29(20)23)22(31)14-18-5-3-4-6-19(18)24/h3-6,16-17H,7-15H2,1-2H3. The summed E-state index contributed by atoms with van der Waals surface area (Å²) in [6.45, 7) is 7.25. The smallest absolute Gasteiger partial charge is 0.227 e. The maximum absolute atomic E-state index is 13.9. The van der Waals surface area contributed by atoms with Gasteiger partial charge >= 0.3 is 0 Å². The van der Waals surface area contributed by atoms with E-state index in [9.17, 15) is 14.0 Å². The lowest BCUT2D eigenvalue weighted by Gasteiger charge is -2.33. The largest absolute Gasteiger partial charge is 0.343 e. The Morgan fingerprint density at radius 3 is 2.48 bits per heavy atom. The molecule has 8 heteroatoms. The third kappa shape index (κ3) is 4.78. The molecule has 0 bridgehead atoms. The molecule has 1 fully saturated rings. The Morgan fingerprint density at radius 2 is 1.77 bits per heavy atom. The van der Waals surface area contributed by atoms with Gasteiger partial charge in [-0.25, -0.2) is 4.39 Å². The molecule has 2 aromatic rings. The number of fused-ring (bicyclic) bond motifs is 1. The molecule has 0 saturated carbocycles. The Morgan fingerprint density at radius 1 is 1.03 bits per heavy atom. The molecule has 166 valence electrons. The van der Waals surface area contributed by atoms with Crippen LogP contribution < -0.4 is 0 Å². The fourth-order valence-electron chi connectivity index (χ4n) is 4.48. The first-order valence-corrected chi connectivity index (χ1v) is 11.1. The second-order valence-electron chi connectivity index (χ2n) is 8.96. The lowest BCUT2D eigenvalue weighted by molar-refractivity contribution is -0.133. The molecular formula is C23H30FN5O2. The molecule has 0 aliphatic carbocycles. The summed E-state index contributed by atoms with van der Waals surface area (Å²) in [5.74, 6) is 2.19. The molecule has 3 heterocycles. The minimum absolute atomic E-state index is 0.0521. The van der Waals surface area contributed by atoms with E-state index in [1.807, 2.05) is 4.90 Å². The molecule has 2 aliphatic rings. The second-order valence-corrected chi connectivity index (χ2v) is 8.96. The highest BCUT2D eigenvalue weighted by atomic mass is 19.1. The molecule has 1 aromatic carbocycles. The van der Waals surface area contributed by atoms with Crippen molar-refractivity contribution in [3.05, 3.63) is 47.3 Å². The maximum Gasteiger partial charge on any atom is 0.227 e. The van der Waals surface area contributed by atoms with Crippen LogP contribution in [0.25, 0.3) is 0 Å². The van der Waals surface area contributed by atoms with E-state index in [2.05, 4.69) is 28.6 Å². The molecule has 0 spiro atoms. The van der Waals surface area contributed by atoms with Crippen LogP contribution in [0.2, 0.25) is 0 Å². The van der Waals surface area contributed by atoms with Crippen LogP contribution in [0.3, 0.4) is 0 Å². The van der Waals surface area contributed by atoms with E-state index in [-0.39, 0.29) is 30.0 Å². The number of hydrogen-bond acceptors (Lipinski definition) is 4. The Balaban J connectivity index is 1.36. The number of carbonyl (C=O) groups excluding carboxylic acids is 2. The van der Waals surface area contributed by atoms with E-state index in [0.29, 0.717) is 37.5 Å². The quantitative estimate of drug-likeness (QED) is 0.736. The van der Waals surface area contributed by atoms with E-state index < -0.39 is 0 Å². The van der Waals surface area contributed by atoms with Crippen molar-refractivity contribution in [1.82, 2.24) is 24.6 Å². The molecule has 1 aromatic heterocycles. The zero-order valence-electron chi connectivity index (χ0n) is 18.3. The summed E-state index contributed by atoms with van der Waals surface area (Å²) in [5, 5.41) is 8.79. The highest BCUT2D eigenvalue weighted by Gasteiger charge is 2.31. The average molecular weight is 428 g/mol. The van der Waals surface area contributed by atoms with Gasteiger partial charge in [-0.3, -0.25) is 9.59 Å². The van der Waals surface area contributed by atoms with Gasteiger partial charge in [-0.05, 0) is 30.4 Å². The van der Waals surface area contributed by atoms with Crippen LogP contribution in [0.5, 0.6) is 0 Å². The summed E-state index contributed by atoms with van der Waals surface area (Å²) in [4.78, 5) is 28.7.